The first-order chi connectivity index (χ1) is 9.47. The van der Waals surface area contributed by atoms with Gasteiger partial charge in [-0.1, -0.05) is 26.0 Å². The van der Waals surface area contributed by atoms with Crippen molar-refractivity contribution in [3.63, 3.8) is 0 Å². The van der Waals surface area contributed by atoms with Crippen LogP contribution in [0, 0.1) is 5.41 Å². The molecule has 1 heterocycles. The van der Waals surface area contributed by atoms with Crippen molar-refractivity contribution in [3.05, 3.63) is 28.2 Å². The number of benzene rings is 1. The molecule has 5 heteroatoms. The van der Waals surface area contributed by atoms with Gasteiger partial charge in [0.2, 0.25) is 0 Å². The summed E-state index contributed by atoms with van der Waals surface area (Å²) >= 11 is 3.38. The van der Waals surface area contributed by atoms with E-state index in [1.165, 1.54) is 0 Å². The number of piperazine rings is 1. The molecular weight excluding hydrogens is 320 g/mol. The number of halogens is 1. The van der Waals surface area contributed by atoms with Gasteiger partial charge < -0.3 is 15.5 Å². The minimum absolute atomic E-state index is 0.00731. The first-order valence-corrected chi connectivity index (χ1v) is 7.79. The monoisotopic (exact) mass is 342 g/mol. The van der Waals surface area contributed by atoms with Gasteiger partial charge in [0.05, 0.1) is 4.47 Å². The number of rotatable bonds is 4. The largest absolute Gasteiger partial charge is 0.506 e. The lowest BCUT2D eigenvalue weighted by Gasteiger charge is -2.43. The fourth-order valence-electron chi connectivity index (χ4n) is 2.89. The second kappa shape index (κ2) is 6.43. The summed E-state index contributed by atoms with van der Waals surface area (Å²) in [5.74, 6) is 0.276. The molecule has 0 bridgehead atoms. The molecule has 1 saturated heterocycles. The molecule has 1 fully saturated rings. The fourth-order valence-corrected chi connectivity index (χ4v) is 3.27. The summed E-state index contributed by atoms with van der Waals surface area (Å²) in [5.41, 5.74) is 0.552. The summed E-state index contributed by atoms with van der Waals surface area (Å²) in [6, 6.07) is 5.71. The Labute approximate surface area is 128 Å². The normalized spacial score (nSPS) is 19.0. The number of nitrogens with one attached hydrogen (secondary N) is 1. The van der Waals surface area contributed by atoms with Crippen LogP contribution in [0.3, 0.4) is 0 Å². The summed E-state index contributed by atoms with van der Waals surface area (Å²) in [6.45, 7) is 7.87. The summed E-state index contributed by atoms with van der Waals surface area (Å²) in [5, 5.41) is 23.5. The fraction of sp³-hybridized carbons (Fsp3) is 0.600. The van der Waals surface area contributed by atoms with Gasteiger partial charge >= 0.3 is 0 Å². The van der Waals surface area contributed by atoms with E-state index in [1.807, 2.05) is 32.0 Å². The Morgan fingerprint density at radius 3 is 2.60 bits per heavy atom. The van der Waals surface area contributed by atoms with Gasteiger partial charge in [0.25, 0.3) is 0 Å². The van der Waals surface area contributed by atoms with Crippen molar-refractivity contribution >= 4 is 15.9 Å². The molecule has 2 rings (SSSR count). The average molecular weight is 343 g/mol. The molecular formula is C15H23BrN2O2. The molecule has 0 amide bonds. The van der Waals surface area contributed by atoms with Crippen molar-refractivity contribution in [2.75, 3.05) is 32.8 Å². The van der Waals surface area contributed by atoms with Gasteiger partial charge in [-0.3, -0.25) is 4.90 Å². The Kier molecular flexibility index (Phi) is 5.07. The first kappa shape index (κ1) is 15.8. The van der Waals surface area contributed by atoms with Crippen molar-refractivity contribution in [1.29, 1.82) is 0 Å². The van der Waals surface area contributed by atoms with Crippen LogP contribution in [0.1, 0.15) is 25.5 Å². The Morgan fingerprint density at radius 2 is 2.00 bits per heavy atom. The quantitative estimate of drug-likeness (QED) is 0.784. The molecule has 112 valence electrons. The van der Waals surface area contributed by atoms with E-state index in [1.54, 1.807) is 0 Å². The molecule has 1 aliphatic heterocycles. The van der Waals surface area contributed by atoms with Crippen LogP contribution in [0.5, 0.6) is 5.75 Å². The van der Waals surface area contributed by atoms with Crippen molar-refractivity contribution < 1.29 is 10.2 Å². The van der Waals surface area contributed by atoms with E-state index >= 15 is 0 Å². The highest BCUT2D eigenvalue weighted by atomic mass is 79.9. The molecule has 1 atom stereocenters. The molecule has 20 heavy (non-hydrogen) atoms. The lowest BCUT2D eigenvalue weighted by atomic mass is 9.79. The molecule has 4 nitrogen and oxygen atoms in total. The van der Waals surface area contributed by atoms with Gasteiger partial charge in [-0.25, -0.2) is 0 Å². The van der Waals surface area contributed by atoms with E-state index in [2.05, 4.69) is 26.1 Å². The lowest BCUT2D eigenvalue weighted by Crippen LogP contribution is -2.49. The van der Waals surface area contributed by atoms with E-state index in [4.69, 9.17) is 0 Å². The van der Waals surface area contributed by atoms with Crippen LogP contribution in [0.15, 0.2) is 22.7 Å². The number of phenolic OH excluding ortho intramolecular Hbond substituents is 1. The number of hydrogen-bond donors (Lipinski definition) is 3. The third kappa shape index (κ3) is 3.17. The summed E-state index contributed by atoms with van der Waals surface area (Å²) in [4.78, 5) is 2.34. The van der Waals surface area contributed by atoms with Gasteiger partial charge in [-0.2, -0.15) is 0 Å². The van der Waals surface area contributed by atoms with Crippen LogP contribution in [0.4, 0.5) is 0 Å². The number of para-hydroxylation sites is 1. The summed E-state index contributed by atoms with van der Waals surface area (Å²) in [7, 11) is 0. The van der Waals surface area contributed by atoms with E-state index in [0.29, 0.717) is 4.47 Å². The predicted octanol–water partition coefficient (Wildman–Crippen LogP) is 2.12. The Hall–Kier alpha value is -0.620. The van der Waals surface area contributed by atoms with Crippen LogP contribution in [-0.2, 0) is 0 Å². The number of aliphatic hydroxyl groups excluding tert-OH is 1. The Bertz CT molecular complexity index is 459. The smallest absolute Gasteiger partial charge is 0.134 e. The van der Waals surface area contributed by atoms with E-state index in [9.17, 15) is 10.2 Å². The van der Waals surface area contributed by atoms with Crippen LogP contribution in [0.2, 0.25) is 0 Å². The van der Waals surface area contributed by atoms with E-state index < -0.39 is 0 Å². The minimum atomic E-state index is -0.324. The predicted molar refractivity (Wildman–Crippen MR) is 83.9 cm³/mol. The highest BCUT2D eigenvalue weighted by Gasteiger charge is 2.37. The molecule has 1 aromatic rings. The third-order valence-corrected chi connectivity index (χ3v) is 4.62. The highest BCUT2D eigenvalue weighted by molar-refractivity contribution is 9.10. The minimum Gasteiger partial charge on any atom is -0.506 e. The number of nitrogens with zero attached hydrogens (tertiary/aromatic N) is 1. The molecule has 3 N–H and O–H groups in total. The van der Waals surface area contributed by atoms with Crippen molar-refractivity contribution in [3.8, 4) is 5.75 Å². The lowest BCUT2D eigenvalue weighted by molar-refractivity contribution is 0.0292. The van der Waals surface area contributed by atoms with Crippen molar-refractivity contribution in [2.45, 2.75) is 19.9 Å². The topological polar surface area (TPSA) is 55.7 Å². The Morgan fingerprint density at radius 1 is 1.35 bits per heavy atom. The molecule has 0 aromatic heterocycles. The molecule has 1 aliphatic rings. The SMILES string of the molecule is CC(C)(CO)[C@@H](c1cccc(Br)c1O)N1CCNCC1. The first-order valence-electron chi connectivity index (χ1n) is 7.00. The molecule has 1 aromatic carbocycles. The van der Waals surface area contributed by atoms with Crippen LogP contribution in [0.25, 0.3) is 0 Å². The standard InChI is InChI=1S/C15H23BrN2O2/c1-15(2,10-19)14(18-8-6-17-7-9-18)11-4-3-5-12(16)13(11)20/h3-5,14,17,19-20H,6-10H2,1-2H3/t14-/m1/s1. The van der Waals surface area contributed by atoms with Crippen LogP contribution >= 0.6 is 15.9 Å². The van der Waals surface area contributed by atoms with Gasteiger partial charge in [-0.05, 0) is 22.0 Å². The second-order valence-electron chi connectivity index (χ2n) is 6.01. The second-order valence-corrected chi connectivity index (χ2v) is 6.87. The zero-order chi connectivity index (χ0) is 14.8. The number of aromatic hydroxyl groups is 1. The number of aliphatic hydroxyl groups is 1. The van der Waals surface area contributed by atoms with Gasteiger partial charge in [0.15, 0.2) is 0 Å². The molecule has 0 aliphatic carbocycles. The molecule has 0 radical (unpaired) electrons. The number of phenols is 1. The Balaban J connectivity index is 2.42. The highest BCUT2D eigenvalue weighted by Crippen LogP contribution is 2.43. The van der Waals surface area contributed by atoms with Crippen LogP contribution < -0.4 is 5.32 Å². The van der Waals surface area contributed by atoms with Gasteiger partial charge in [0.1, 0.15) is 5.75 Å². The van der Waals surface area contributed by atoms with Crippen LogP contribution in [-0.4, -0.2) is 47.9 Å². The zero-order valence-corrected chi connectivity index (χ0v) is 13.7. The average Bonchev–Trinajstić information content (AvgIpc) is 2.45. The molecule has 0 spiro atoms. The maximum atomic E-state index is 10.4. The van der Waals surface area contributed by atoms with Gasteiger partial charge in [-0.15, -0.1) is 0 Å². The van der Waals surface area contributed by atoms with Crippen molar-refractivity contribution in [1.82, 2.24) is 10.2 Å². The zero-order valence-electron chi connectivity index (χ0n) is 12.1. The van der Waals surface area contributed by atoms with E-state index in [-0.39, 0.29) is 23.8 Å². The summed E-state index contributed by atoms with van der Waals surface area (Å²) in [6.07, 6.45) is 0. The maximum Gasteiger partial charge on any atom is 0.134 e. The van der Waals surface area contributed by atoms with Crippen molar-refractivity contribution in [2.24, 2.45) is 5.41 Å². The maximum absolute atomic E-state index is 10.4. The third-order valence-electron chi connectivity index (χ3n) is 3.98. The van der Waals surface area contributed by atoms with Gasteiger partial charge in [0, 0.05) is 49.8 Å². The molecule has 0 saturated carbocycles. The number of hydrogen-bond acceptors (Lipinski definition) is 4. The molecule has 0 unspecified atom stereocenters. The summed E-state index contributed by atoms with van der Waals surface area (Å²) < 4.78 is 0.698. The van der Waals surface area contributed by atoms with E-state index in [0.717, 1.165) is 31.7 Å².